The molecule has 30 heavy (non-hydrogen) atoms. The minimum absolute atomic E-state index is 0.0330. The molecule has 0 radical (unpaired) electrons. The number of fused-ring (bicyclic) bond motifs is 2. The number of aromatic nitrogens is 1. The Morgan fingerprint density at radius 3 is 2.67 bits per heavy atom. The maximum absolute atomic E-state index is 12.8. The second-order valence-electron chi connectivity index (χ2n) is 6.72. The zero-order valence-corrected chi connectivity index (χ0v) is 18.0. The highest BCUT2D eigenvalue weighted by Gasteiger charge is 2.23. The number of nitrogens with zero attached hydrogens (tertiary/aromatic N) is 3. The Morgan fingerprint density at radius 1 is 1.23 bits per heavy atom. The first-order valence-electron chi connectivity index (χ1n) is 9.18. The Bertz CT molecular complexity index is 1130. The molecule has 0 saturated carbocycles. The Hall–Kier alpha value is -2.85. The molecule has 2 aromatic carbocycles. The Labute approximate surface area is 181 Å². The molecule has 1 aliphatic rings. The topological polar surface area (TPSA) is 94.8 Å². The molecule has 0 unspecified atom stereocenters. The molecule has 0 bridgehead atoms. The predicted octanol–water partition coefficient (Wildman–Crippen LogP) is 3.90. The van der Waals surface area contributed by atoms with E-state index in [1.54, 1.807) is 20.3 Å². The summed E-state index contributed by atoms with van der Waals surface area (Å²) in [6, 6.07) is 8.50. The third-order valence-electron chi connectivity index (χ3n) is 4.95. The van der Waals surface area contributed by atoms with Gasteiger partial charge in [0.1, 0.15) is 0 Å². The molecular formula is C20H19N3O5S2. The fourth-order valence-corrected chi connectivity index (χ4v) is 5.38. The molecule has 0 aliphatic carbocycles. The second kappa shape index (κ2) is 8.49. The van der Waals surface area contributed by atoms with Crippen molar-refractivity contribution in [2.24, 2.45) is 0 Å². The van der Waals surface area contributed by atoms with Crippen molar-refractivity contribution in [1.82, 2.24) is 9.88 Å². The second-order valence-corrected chi connectivity index (χ2v) is 8.97. The van der Waals surface area contributed by atoms with Crippen molar-refractivity contribution in [2.45, 2.75) is 17.3 Å². The largest absolute Gasteiger partial charge is 0.493 e. The number of rotatable bonds is 6. The number of methoxy groups -OCH3 is 2. The van der Waals surface area contributed by atoms with E-state index < -0.39 is 4.92 Å². The van der Waals surface area contributed by atoms with Crippen LogP contribution in [-0.4, -0.2) is 47.2 Å². The number of benzene rings is 2. The van der Waals surface area contributed by atoms with Crippen LogP contribution in [0.5, 0.6) is 11.5 Å². The fraction of sp³-hybridized carbons (Fsp3) is 0.300. The number of nitro groups is 1. The molecule has 8 nitrogen and oxygen atoms in total. The van der Waals surface area contributed by atoms with Crippen LogP contribution < -0.4 is 9.47 Å². The zero-order valence-electron chi connectivity index (χ0n) is 16.4. The summed E-state index contributed by atoms with van der Waals surface area (Å²) < 4.78 is 12.2. The van der Waals surface area contributed by atoms with Crippen molar-refractivity contribution in [1.29, 1.82) is 0 Å². The molecule has 156 valence electrons. The highest BCUT2D eigenvalue weighted by Crippen LogP contribution is 2.34. The third-order valence-corrected chi connectivity index (χ3v) is 7.10. The number of carbonyl (C=O) groups is 1. The van der Waals surface area contributed by atoms with E-state index in [0.717, 1.165) is 26.6 Å². The van der Waals surface area contributed by atoms with Gasteiger partial charge in [0.25, 0.3) is 5.69 Å². The monoisotopic (exact) mass is 445 g/mol. The Kier molecular flexibility index (Phi) is 5.78. The van der Waals surface area contributed by atoms with Gasteiger partial charge in [-0.05, 0) is 35.7 Å². The van der Waals surface area contributed by atoms with E-state index in [1.807, 2.05) is 17.0 Å². The van der Waals surface area contributed by atoms with E-state index in [4.69, 9.17) is 9.47 Å². The normalized spacial score (nSPS) is 13.2. The van der Waals surface area contributed by atoms with Gasteiger partial charge in [-0.3, -0.25) is 14.9 Å². The lowest BCUT2D eigenvalue weighted by Crippen LogP contribution is -2.37. The summed E-state index contributed by atoms with van der Waals surface area (Å²) >= 11 is 2.72. The molecule has 1 amide bonds. The van der Waals surface area contributed by atoms with Crippen LogP contribution in [0.3, 0.4) is 0 Å². The molecule has 0 fully saturated rings. The zero-order chi connectivity index (χ0) is 21.3. The van der Waals surface area contributed by atoms with Crippen LogP contribution in [0.1, 0.15) is 11.1 Å². The van der Waals surface area contributed by atoms with Crippen molar-refractivity contribution in [2.75, 3.05) is 26.5 Å². The standard InChI is InChI=1S/C20H19N3O5S2/c1-27-16-7-12-5-6-22(10-13(12)8-17(16)28-2)19(24)11-29-20-21-15-4-3-14(23(25)26)9-18(15)30-20/h3-4,7-9H,5-6,10-11H2,1-2H3. The van der Waals surface area contributed by atoms with Crippen molar-refractivity contribution < 1.29 is 19.2 Å². The summed E-state index contributed by atoms with van der Waals surface area (Å²) in [4.78, 5) is 29.6. The van der Waals surface area contributed by atoms with Gasteiger partial charge in [0.2, 0.25) is 5.91 Å². The van der Waals surface area contributed by atoms with E-state index in [9.17, 15) is 14.9 Å². The van der Waals surface area contributed by atoms with Crippen LogP contribution in [0, 0.1) is 10.1 Å². The van der Waals surface area contributed by atoms with Crippen molar-refractivity contribution >= 4 is 44.9 Å². The third kappa shape index (κ3) is 4.05. The summed E-state index contributed by atoms with van der Waals surface area (Å²) in [5.41, 5.74) is 2.97. The lowest BCUT2D eigenvalue weighted by Gasteiger charge is -2.29. The number of thioether (sulfide) groups is 1. The average molecular weight is 446 g/mol. The number of amides is 1. The smallest absolute Gasteiger partial charge is 0.270 e. The minimum Gasteiger partial charge on any atom is -0.493 e. The number of hydrogen-bond acceptors (Lipinski definition) is 8. The number of hydrogen-bond donors (Lipinski definition) is 0. The molecule has 0 atom stereocenters. The number of carbonyl (C=O) groups excluding carboxylic acids is 1. The molecule has 1 aromatic heterocycles. The fourth-order valence-electron chi connectivity index (χ4n) is 3.38. The molecule has 1 aliphatic heterocycles. The van der Waals surface area contributed by atoms with Crippen LogP contribution in [-0.2, 0) is 17.8 Å². The highest BCUT2D eigenvalue weighted by atomic mass is 32.2. The number of ether oxygens (including phenoxy) is 2. The van der Waals surface area contributed by atoms with Crippen LogP contribution >= 0.6 is 23.1 Å². The molecule has 10 heteroatoms. The quantitative estimate of drug-likeness (QED) is 0.323. The first-order valence-corrected chi connectivity index (χ1v) is 11.0. The average Bonchev–Trinajstić information content (AvgIpc) is 3.18. The van der Waals surface area contributed by atoms with Crippen molar-refractivity contribution in [3.63, 3.8) is 0 Å². The van der Waals surface area contributed by atoms with Gasteiger partial charge >= 0.3 is 0 Å². The van der Waals surface area contributed by atoms with Gasteiger partial charge in [-0.1, -0.05) is 11.8 Å². The molecular weight excluding hydrogens is 426 g/mol. The van der Waals surface area contributed by atoms with Gasteiger partial charge in [-0.2, -0.15) is 0 Å². The summed E-state index contributed by atoms with van der Waals surface area (Å²) in [5, 5.41) is 10.9. The summed E-state index contributed by atoms with van der Waals surface area (Å²) in [6.07, 6.45) is 0.761. The number of non-ortho nitro benzene ring substituents is 1. The molecule has 3 aromatic rings. The van der Waals surface area contributed by atoms with Gasteiger partial charge in [0.05, 0.1) is 35.1 Å². The molecule has 2 heterocycles. The van der Waals surface area contributed by atoms with E-state index in [2.05, 4.69) is 4.98 Å². The maximum Gasteiger partial charge on any atom is 0.270 e. The van der Waals surface area contributed by atoms with E-state index in [1.165, 1.54) is 35.2 Å². The molecule has 0 N–H and O–H groups in total. The van der Waals surface area contributed by atoms with Crippen LogP contribution in [0.15, 0.2) is 34.7 Å². The van der Waals surface area contributed by atoms with Gasteiger partial charge in [-0.25, -0.2) is 4.98 Å². The molecule has 0 saturated heterocycles. The number of thiazole rings is 1. The van der Waals surface area contributed by atoms with Crippen LogP contribution in [0.4, 0.5) is 5.69 Å². The summed E-state index contributed by atoms with van der Waals surface area (Å²) in [7, 11) is 3.21. The Morgan fingerprint density at radius 2 is 1.97 bits per heavy atom. The van der Waals surface area contributed by atoms with Crippen molar-refractivity contribution in [3.8, 4) is 11.5 Å². The van der Waals surface area contributed by atoms with Crippen molar-refractivity contribution in [3.05, 3.63) is 51.6 Å². The summed E-state index contributed by atoms with van der Waals surface area (Å²) in [6.45, 7) is 1.18. The first kappa shape index (κ1) is 20.4. The summed E-state index contributed by atoms with van der Waals surface area (Å²) in [5.74, 6) is 1.65. The molecule has 0 spiro atoms. The SMILES string of the molecule is COc1cc2c(cc1OC)CN(C(=O)CSc1nc3ccc([N+](=O)[O-])cc3s1)CC2. The van der Waals surface area contributed by atoms with Gasteiger partial charge in [0.15, 0.2) is 15.8 Å². The number of nitro benzene ring substituents is 1. The maximum atomic E-state index is 12.8. The van der Waals surface area contributed by atoms with Crippen LogP contribution in [0.2, 0.25) is 0 Å². The highest BCUT2D eigenvalue weighted by molar-refractivity contribution is 8.01. The van der Waals surface area contributed by atoms with Gasteiger partial charge in [-0.15, -0.1) is 11.3 Å². The van der Waals surface area contributed by atoms with E-state index in [0.29, 0.717) is 30.1 Å². The predicted molar refractivity (Wildman–Crippen MR) is 116 cm³/mol. The Balaban J connectivity index is 1.42. The molecule has 4 rings (SSSR count). The first-order chi connectivity index (χ1) is 14.5. The van der Waals surface area contributed by atoms with E-state index >= 15 is 0 Å². The lowest BCUT2D eigenvalue weighted by atomic mass is 9.99. The minimum atomic E-state index is -0.422. The van der Waals surface area contributed by atoms with Gasteiger partial charge in [0, 0.05) is 25.2 Å². The lowest BCUT2D eigenvalue weighted by molar-refractivity contribution is -0.384. The van der Waals surface area contributed by atoms with Gasteiger partial charge < -0.3 is 14.4 Å². The van der Waals surface area contributed by atoms with E-state index in [-0.39, 0.29) is 17.3 Å². The van der Waals surface area contributed by atoms with Crippen LogP contribution in [0.25, 0.3) is 10.2 Å².